The van der Waals surface area contributed by atoms with Crippen LogP contribution in [0.2, 0.25) is 0 Å². The van der Waals surface area contributed by atoms with Gasteiger partial charge in [0.15, 0.2) is 11.3 Å². The lowest BCUT2D eigenvalue weighted by molar-refractivity contribution is -0.144. The molecule has 0 aliphatic carbocycles. The number of aryl methyl sites for hydroxylation is 1. The van der Waals surface area contributed by atoms with Gasteiger partial charge in [0.1, 0.15) is 5.56 Å². The van der Waals surface area contributed by atoms with E-state index in [1.807, 2.05) is 13.8 Å². The van der Waals surface area contributed by atoms with Crippen molar-refractivity contribution in [2.24, 2.45) is 0 Å². The van der Waals surface area contributed by atoms with Crippen LogP contribution in [0, 0.1) is 6.92 Å². The third-order valence-corrected chi connectivity index (χ3v) is 3.42. The fraction of sp³-hybridized carbons (Fsp3) is 0.615. The van der Waals surface area contributed by atoms with Crippen molar-refractivity contribution >= 4 is 11.9 Å². The summed E-state index contributed by atoms with van der Waals surface area (Å²) in [7, 11) is 0. The van der Waals surface area contributed by atoms with Gasteiger partial charge in [0.05, 0.1) is 12.3 Å². The Balaban J connectivity index is 2.28. The highest BCUT2D eigenvalue weighted by Crippen LogP contribution is 2.25. The van der Waals surface area contributed by atoms with E-state index in [0.29, 0.717) is 23.6 Å². The Kier molecular flexibility index (Phi) is 3.80. The van der Waals surface area contributed by atoms with Crippen molar-refractivity contribution < 1.29 is 24.0 Å². The minimum Gasteiger partial charge on any atom is -0.479 e. The van der Waals surface area contributed by atoms with Crippen molar-refractivity contribution in [1.82, 2.24) is 10.5 Å². The summed E-state index contributed by atoms with van der Waals surface area (Å²) in [6, 6.07) is 0. The molecule has 1 aromatic rings. The van der Waals surface area contributed by atoms with Gasteiger partial charge in [-0.2, -0.15) is 0 Å². The van der Waals surface area contributed by atoms with Crippen molar-refractivity contribution in [1.29, 1.82) is 0 Å². The first-order valence-electron chi connectivity index (χ1n) is 6.47. The summed E-state index contributed by atoms with van der Waals surface area (Å²) >= 11 is 0. The molecule has 7 nitrogen and oxygen atoms in total. The van der Waals surface area contributed by atoms with Gasteiger partial charge in [0, 0.05) is 18.9 Å². The number of hydrogen-bond donors (Lipinski definition) is 2. The van der Waals surface area contributed by atoms with Crippen LogP contribution in [-0.4, -0.2) is 40.9 Å². The molecule has 2 rings (SSSR count). The van der Waals surface area contributed by atoms with Crippen LogP contribution in [-0.2, 0) is 9.53 Å². The van der Waals surface area contributed by atoms with Crippen molar-refractivity contribution in [2.45, 2.75) is 38.6 Å². The maximum atomic E-state index is 12.4. The van der Waals surface area contributed by atoms with Crippen LogP contribution < -0.4 is 5.32 Å². The van der Waals surface area contributed by atoms with Gasteiger partial charge in [-0.1, -0.05) is 19.0 Å². The molecule has 1 aliphatic rings. The first kappa shape index (κ1) is 14.5. The van der Waals surface area contributed by atoms with Gasteiger partial charge >= 0.3 is 5.97 Å². The second kappa shape index (κ2) is 5.24. The minimum absolute atomic E-state index is 0.0162. The van der Waals surface area contributed by atoms with E-state index in [-0.39, 0.29) is 18.9 Å². The number of aliphatic carboxylic acids is 1. The van der Waals surface area contributed by atoms with E-state index in [9.17, 15) is 14.7 Å². The molecule has 0 saturated carbocycles. The molecule has 110 valence electrons. The van der Waals surface area contributed by atoms with Crippen LogP contribution in [0.15, 0.2) is 4.52 Å². The average Bonchev–Trinajstić information content (AvgIpc) is 2.96. The highest BCUT2D eigenvalue weighted by molar-refractivity contribution is 5.99. The van der Waals surface area contributed by atoms with Gasteiger partial charge in [-0.05, 0) is 6.92 Å². The summed E-state index contributed by atoms with van der Waals surface area (Å²) in [5.41, 5.74) is -0.604. The van der Waals surface area contributed by atoms with Crippen molar-refractivity contribution in [3.8, 4) is 0 Å². The Hall–Kier alpha value is -1.89. The van der Waals surface area contributed by atoms with E-state index in [2.05, 4.69) is 10.5 Å². The smallest absolute Gasteiger partial charge is 0.331 e. The lowest BCUT2D eigenvalue weighted by Gasteiger charge is -2.23. The van der Waals surface area contributed by atoms with E-state index in [0.717, 1.165) is 0 Å². The topological polar surface area (TPSA) is 102 Å². The molecule has 1 atom stereocenters. The molecule has 0 aromatic carbocycles. The molecule has 7 heteroatoms. The van der Waals surface area contributed by atoms with Gasteiger partial charge in [0.25, 0.3) is 5.91 Å². The number of nitrogens with zero attached hydrogens (tertiary/aromatic N) is 1. The van der Waals surface area contributed by atoms with E-state index in [1.54, 1.807) is 6.92 Å². The van der Waals surface area contributed by atoms with Crippen LogP contribution in [0.3, 0.4) is 0 Å². The molecule has 1 amide bonds. The van der Waals surface area contributed by atoms with Crippen LogP contribution in [0.25, 0.3) is 0 Å². The van der Waals surface area contributed by atoms with Crippen LogP contribution >= 0.6 is 0 Å². The SMILES string of the molecule is Cc1noc(C(C)C)c1C(=O)NC1(C(=O)O)CCOC1. The number of nitrogens with one attached hydrogen (secondary N) is 1. The molecule has 2 heterocycles. The van der Waals surface area contributed by atoms with Gasteiger partial charge in [-0.15, -0.1) is 0 Å². The quantitative estimate of drug-likeness (QED) is 0.856. The Bertz CT molecular complexity index is 529. The fourth-order valence-corrected chi connectivity index (χ4v) is 2.22. The summed E-state index contributed by atoms with van der Waals surface area (Å²) in [5.74, 6) is -1.14. The zero-order valence-corrected chi connectivity index (χ0v) is 11.7. The van der Waals surface area contributed by atoms with E-state index in [1.165, 1.54) is 0 Å². The Morgan fingerprint density at radius 1 is 1.45 bits per heavy atom. The normalized spacial score (nSPS) is 22.2. The first-order valence-corrected chi connectivity index (χ1v) is 6.47. The van der Waals surface area contributed by atoms with E-state index in [4.69, 9.17) is 9.26 Å². The van der Waals surface area contributed by atoms with E-state index < -0.39 is 17.4 Å². The van der Waals surface area contributed by atoms with Gasteiger partial charge in [-0.3, -0.25) is 4.79 Å². The molecular weight excluding hydrogens is 264 g/mol. The fourth-order valence-electron chi connectivity index (χ4n) is 2.22. The zero-order valence-electron chi connectivity index (χ0n) is 11.7. The van der Waals surface area contributed by atoms with Crippen LogP contribution in [0.1, 0.15) is 48.0 Å². The van der Waals surface area contributed by atoms with Crippen molar-refractivity contribution in [3.05, 3.63) is 17.0 Å². The summed E-state index contributed by atoms with van der Waals surface area (Å²) in [6.45, 7) is 5.69. The number of hydrogen-bond acceptors (Lipinski definition) is 5. The number of ether oxygens (including phenoxy) is 1. The largest absolute Gasteiger partial charge is 0.479 e. The molecule has 1 aromatic heterocycles. The number of carboxylic acids is 1. The number of rotatable bonds is 4. The van der Waals surface area contributed by atoms with E-state index >= 15 is 0 Å². The molecule has 1 aliphatic heterocycles. The lowest BCUT2D eigenvalue weighted by Crippen LogP contribution is -2.55. The highest BCUT2D eigenvalue weighted by atomic mass is 16.5. The molecule has 1 saturated heterocycles. The highest BCUT2D eigenvalue weighted by Gasteiger charge is 2.44. The van der Waals surface area contributed by atoms with Crippen LogP contribution in [0.4, 0.5) is 0 Å². The third kappa shape index (κ3) is 2.40. The molecule has 2 N–H and O–H groups in total. The maximum absolute atomic E-state index is 12.4. The summed E-state index contributed by atoms with van der Waals surface area (Å²) in [5, 5.41) is 15.7. The van der Waals surface area contributed by atoms with Gasteiger partial charge in [-0.25, -0.2) is 4.79 Å². The molecule has 0 radical (unpaired) electrons. The second-order valence-electron chi connectivity index (χ2n) is 5.31. The van der Waals surface area contributed by atoms with Gasteiger partial charge < -0.3 is 19.7 Å². The predicted octanol–water partition coefficient (Wildman–Crippen LogP) is 1.08. The average molecular weight is 282 g/mol. The number of amides is 1. The van der Waals surface area contributed by atoms with Crippen molar-refractivity contribution in [3.63, 3.8) is 0 Å². The molecule has 1 unspecified atom stereocenters. The monoisotopic (exact) mass is 282 g/mol. The maximum Gasteiger partial charge on any atom is 0.331 e. The summed E-state index contributed by atoms with van der Waals surface area (Å²) in [6.07, 6.45) is 0.245. The third-order valence-electron chi connectivity index (χ3n) is 3.42. The Labute approximate surface area is 116 Å². The number of carboxylic acid groups (broad SMARTS) is 1. The number of aromatic nitrogens is 1. The standard InChI is InChI=1S/C13H18N2O5/c1-7(2)10-9(8(3)15-20-10)11(16)14-13(12(17)18)4-5-19-6-13/h7H,4-6H2,1-3H3,(H,14,16)(H,17,18). The predicted molar refractivity (Wildman–Crippen MR) is 68.6 cm³/mol. The summed E-state index contributed by atoms with van der Waals surface area (Å²) in [4.78, 5) is 23.8. The number of carbonyl (C=O) groups is 2. The molecule has 0 bridgehead atoms. The summed E-state index contributed by atoms with van der Waals surface area (Å²) < 4.78 is 10.3. The molecule has 1 fully saturated rings. The Morgan fingerprint density at radius 3 is 2.65 bits per heavy atom. The van der Waals surface area contributed by atoms with Gasteiger partial charge in [0.2, 0.25) is 0 Å². The van der Waals surface area contributed by atoms with Crippen LogP contribution in [0.5, 0.6) is 0 Å². The number of carbonyl (C=O) groups excluding carboxylic acids is 1. The first-order chi connectivity index (χ1) is 9.37. The second-order valence-corrected chi connectivity index (χ2v) is 5.31. The minimum atomic E-state index is -1.37. The molecule has 20 heavy (non-hydrogen) atoms. The van der Waals surface area contributed by atoms with Crippen molar-refractivity contribution in [2.75, 3.05) is 13.2 Å². The zero-order chi connectivity index (χ0) is 14.9. The molecular formula is C13H18N2O5. The lowest BCUT2D eigenvalue weighted by atomic mass is 9.97. The Morgan fingerprint density at radius 2 is 2.15 bits per heavy atom. The molecule has 0 spiro atoms.